The fraction of sp³-hybridized carbons (Fsp3) is 0.611. The largest absolute Gasteiger partial charge is 0.278 e. The molecule has 1 aliphatic heterocycles. The highest BCUT2D eigenvalue weighted by atomic mass is 16.7. The monoisotopic (exact) mass is 289 g/mol. The van der Waals surface area contributed by atoms with Crippen LogP contribution in [0.3, 0.4) is 0 Å². The van der Waals surface area contributed by atoms with Gasteiger partial charge in [0.15, 0.2) is 0 Å². The van der Waals surface area contributed by atoms with Crippen molar-refractivity contribution < 1.29 is 9.63 Å². The first-order valence-electron chi connectivity index (χ1n) is 8.21. The summed E-state index contributed by atoms with van der Waals surface area (Å²) >= 11 is 0. The molecular formula is C18H27NO2. The number of unbranched alkanes of at least 4 members (excludes halogenated alkanes) is 3. The SMILES string of the molecule is CCCCCCC(CC)C1c2ccccc2C(=O)N1OC. The Morgan fingerprint density at radius 2 is 1.95 bits per heavy atom. The van der Waals surface area contributed by atoms with Gasteiger partial charge in [-0.3, -0.25) is 9.63 Å². The normalized spacial score (nSPS) is 18.9. The van der Waals surface area contributed by atoms with E-state index in [1.54, 1.807) is 12.2 Å². The summed E-state index contributed by atoms with van der Waals surface area (Å²) in [7, 11) is 1.60. The fourth-order valence-corrected chi connectivity index (χ4v) is 3.38. The lowest BCUT2D eigenvalue weighted by Gasteiger charge is -2.29. The van der Waals surface area contributed by atoms with E-state index in [0.717, 1.165) is 24.0 Å². The van der Waals surface area contributed by atoms with E-state index in [1.165, 1.54) is 25.7 Å². The minimum absolute atomic E-state index is 0.00473. The van der Waals surface area contributed by atoms with Crippen molar-refractivity contribution in [2.24, 2.45) is 5.92 Å². The van der Waals surface area contributed by atoms with Gasteiger partial charge in [-0.2, -0.15) is 0 Å². The van der Waals surface area contributed by atoms with Gasteiger partial charge in [0.1, 0.15) is 0 Å². The summed E-state index contributed by atoms with van der Waals surface area (Å²) in [5, 5.41) is 1.58. The molecule has 0 saturated heterocycles. The standard InChI is InChI=1S/C18H27NO2/c1-4-6-7-8-11-14(5-2)17-15-12-9-10-13-16(15)18(20)19(17)21-3/h9-10,12-14,17H,4-8,11H2,1-3H3. The lowest BCUT2D eigenvalue weighted by molar-refractivity contribution is -0.132. The van der Waals surface area contributed by atoms with Gasteiger partial charge in [-0.05, 0) is 24.0 Å². The zero-order valence-corrected chi connectivity index (χ0v) is 13.5. The third kappa shape index (κ3) is 3.29. The van der Waals surface area contributed by atoms with E-state index in [4.69, 9.17) is 4.84 Å². The molecule has 21 heavy (non-hydrogen) atoms. The molecule has 1 aliphatic rings. The summed E-state index contributed by atoms with van der Waals surface area (Å²) < 4.78 is 0. The Hall–Kier alpha value is -1.35. The molecule has 3 heteroatoms. The molecule has 0 spiro atoms. The van der Waals surface area contributed by atoms with Crippen molar-refractivity contribution >= 4 is 5.91 Å². The van der Waals surface area contributed by atoms with E-state index < -0.39 is 0 Å². The second-order valence-corrected chi connectivity index (χ2v) is 5.86. The third-order valence-corrected chi connectivity index (χ3v) is 4.56. The molecule has 0 radical (unpaired) electrons. The van der Waals surface area contributed by atoms with Gasteiger partial charge in [-0.25, -0.2) is 5.06 Å². The van der Waals surface area contributed by atoms with Gasteiger partial charge in [0.05, 0.1) is 13.2 Å². The van der Waals surface area contributed by atoms with Crippen LogP contribution < -0.4 is 0 Å². The summed E-state index contributed by atoms with van der Waals surface area (Å²) in [5.74, 6) is 0.472. The van der Waals surface area contributed by atoms with E-state index in [2.05, 4.69) is 19.9 Å². The van der Waals surface area contributed by atoms with Gasteiger partial charge >= 0.3 is 0 Å². The van der Waals surface area contributed by atoms with Crippen LogP contribution in [0.1, 0.15) is 74.3 Å². The molecule has 0 aromatic heterocycles. The van der Waals surface area contributed by atoms with E-state index in [9.17, 15) is 4.79 Å². The van der Waals surface area contributed by atoms with Crippen LogP contribution in [-0.2, 0) is 4.84 Å². The number of benzene rings is 1. The average Bonchev–Trinajstić information content (AvgIpc) is 2.80. The first-order chi connectivity index (χ1) is 10.2. The summed E-state index contributed by atoms with van der Waals surface area (Å²) in [4.78, 5) is 17.8. The molecule has 2 rings (SSSR count). The molecule has 0 aliphatic carbocycles. The third-order valence-electron chi connectivity index (χ3n) is 4.56. The highest BCUT2D eigenvalue weighted by Gasteiger charge is 2.40. The lowest BCUT2D eigenvalue weighted by Crippen LogP contribution is -2.31. The fourth-order valence-electron chi connectivity index (χ4n) is 3.38. The molecule has 1 aromatic carbocycles. The number of carbonyl (C=O) groups excluding carboxylic acids is 1. The Morgan fingerprint density at radius 1 is 1.19 bits per heavy atom. The van der Waals surface area contributed by atoms with Crippen LogP contribution >= 0.6 is 0 Å². The van der Waals surface area contributed by atoms with Crippen LogP contribution in [-0.4, -0.2) is 18.1 Å². The molecule has 0 bridgehead atoms. The van der Waals surface area contributed by atoms with Crippen molar-refractivity contribution in [3.63, 3.8) is 0 Å². The van der Waals surface area contributed by atoms with Crippen molar-refractivity contribution in [1.82, 2.24) is 5.06 Å². The van der Waals surface area contributed by atoms with Crippen molar-refractivity contribution in [1.29, 1.82) is 0 Å². The zero-order chi connectivity index (χ0) is 15.2. The Bertz CT molecular complexity index is 472. The predicted octanol–water partition coefficient (Wildman–Crippen LogP) is 4.74. The lowest BCUT2D eigenvalue weighted by atomic mass is 9.87. The molecule has 2 unspecified atom stereocenters. The second kappa shape index (κ2) is 7.60. The van der Waals surface area contributed by atoms with Crippen LogP contribution in [0.5, 0.6) is 0 Å². The van der Waals surface area contributed by atoms with Gasteiger partial charge in [0, 0.05) is 5.56 Å². The summed E-state index contributed by atoms with van der Waals surface area (Å²) in [6.07, 6.45) is 7.29. The number of fused-ring (bicyclic) bond motifs is 1. The molecule has 1 amide bonds. The molecule has 2 atom stereocenters. The van der Waals surface area contributed by atoms with Gasteiger partial charge in [0.2, 0.25) is 0 Å². The Balaban J connectivity index is 2.16. The molecule has 1 aromatic rings. The summed E-state index contributed by atoms with van der Waals surface area (Å²) in [5.41, 5.74) is 1.93. The van der Waals surface area contributed by atoms with Crippen molar-refractivity contribution in [3.05, 3.63) is 35.4 Å². The van der Waals surface area contributed by atoms with Gasteiger partial charge < -0.3 is 0 Å². The Kier molecular flexibility index (Phi) is 5.80. The average molecular weight is 289 g/mol. The van der Waals surface area contributed by atoms with Crippen LogP contribution in [0.4, 0.5) is 0 Å². The van der Waals surface area contributed by atoms with Gasteiger partial charge in [0.25, 0.3) is 5.91 Å². The number of rotatable bonds is 8. The number of hydrogen-bond acceptors (Lipinski definition) is 2. The van der Waals surface area contributed by atoms with Crippen molar-refractivity contribution in [2.45, 2.75) is 58.4 Å². The minimum Gasteiger partial charge on any atom is -0.273 e. The highest BCUT2D eigenvalue weighted by Crippen LogP contribution is 2.41. The van der Waals surface area contributed by atoms with E-state index in [1.807, 2.05) is 18.2 Å². The maximum absolute atomic E-state index is 12.4. The molecule has 0 saturated carbocycles. The van der Waals surface area contributed by atoms with Crippen LogP contribution in [0.25, 0.3) is 0 Å². The summed E-state index contributed by atoms with van der Waals surface area (Å²) in [6, 6.07) is 8.00. The Morgan fingerprint density at radius 3 is 2.62 bits per heavy atom. The van der Waals surface area contributed by atoms with Gasteiger partial charge in [-0.15, -0.1) is 0 Å². The quantitative estimate of drug-likeness (QED) is 0.647. The van der Waals surface area contributed by atoms with E-state index in [0.29, 0.717) is 5.92 Å². The van der Waals surface area contributed by atoms with E-state index >= 15 is 0 Å². The molecule has 0 fully saturated rings. The van der Waals surface area contributed by atoms with Crippen LogP contribution in [0, 0.1) is 5.92 Å². The molecular weight excluding hydrogens is 262 g/mol. The Labute approximate surface area is 128 Å². The van der Waals surface area contributed by atoms with Gasteiger partial charge in [-0.1, -0.05) is 64.2 Å². The first kappa shape index (κ1) is 16.0. The van der Waals surface area contributed by atoms with Crippen molar-refractivity contribution in [3.8, 4) is 0 Å². The first-order valence-corrected chi connectivity index (χ1v) is 8.21. The topological polar surface area (TPSA) is 29.5 Å². The maximum atomic E-state index is 12.4. The zero-order valence-electron chi connectivity index (χ0n) is 13.5. The van der Waals surface area contributed by atoms with E-state index in [-0.39, 0.29) is 11.9 Å². The molecule has 3 nitrogen and oxygen atoms in total. The second-order valence-electron chi connectivity index (χ2n) is 5.86. The highest BCUT2D eigenvalue weighted by molar-refractivity contribution is 5.98. The number of hydrogen-bond donors (Lipinski definition) is 0. The number of amides is 1. The number of hydroxylamine groups is 2. The molecule has 116 valence electrons. The molecule has 1 heterocycles. The van der Waals surface area contributed by atoms with Crippen LogP contribution in [0.2, 0.25) is 0 Å². The number of carbonyl (C=O) groups is 1. The summed E-state index contributed by atoms with van der Waals surface area (Å²) in [6.45, 7) is 4.44. The minimum atomic E-state index is 0.00473. The van der Waals surface area contributed by atoms with Crippen LogP contribution in [0.15, 0.2) is 24.3 Å². The van der Waals surface area contributed by atoms with Crippen molar-refractivity contribution in [2.75, 3.05) is 7.11 Å². The molecule has 0 N–H and O–H groups in total. The smallest absolute Gasteiger partial charge is 0.273 e. The maximum Gasteiger partial charge on any atom is 0.278 e. The number of nitrogens with zero attached hydrogens (tertiary/aromatic N) is 1. The predicted molar refractivity (Wildman–Crippen MR) is 84.9 cm³/mol.